The molecule has 1 fully saturated rings. The van der Waals surface area contributed by atoms with Gasteiger partial charge in [-0.25, -0.2) is 4.79 Å². The predicted molar refractivity (Wildman–Crippen MR) is 52.2 cm³/mol. The largest absolute Gasteiger partial charge is 0.291 e. The quantitative estimate of drug-likeness (QED) is 0.349. The van der Waals surface area contributed by atoms with Crippen molar-refractivity contribution in [2.24, 2.45) is 5.92 Å². The Labute approximate surface area is 91.5 Å². The van der Waals surface area contributed by atoms with Crippen LogP contribution in [0.1, 0.15) is 25.7 Å². The molecule has 0 amide bonds. The SMILES string of the molecule is O=C=CC1C(=O)C(=O)CCCCC(=O)C1=O. The van der Waals surface area contributed by atoms with E-state index in [-0.39, 0.29) is 12.8 Å². The van der Waals surface area contributed by atoms with Crippen LogP contribution in [0.5, 0.6) is 0 Å². The lowest BCUT2D eigenvalue weighted by Gasteiger charge is -2.04. The summed E-state index contributed by atoms with van der Waals surface area (Å²) in [6.07, 6.45) is 1.49. The van der Waals surface area contributed by atoms with Gasteiger partial charge in [0.1, 0.15) is 11.9 Å². The van der Waals surface area contributed by atoms with Crippen molar-refractivity contribution < 1.29 is 24.0 Å². The zero-order chi connectivity index (χ0) is 12.1. The molecule has 5 nitrogen and oxygen atoms in total. The number of hydrogen-bond acceptors (Lipinski definition) is 5. The van der Waals surface area contributed by atoms with Gasteiger partial charge in [-0.3, -0.25) is 19.2 Å². The number of allylic oxidation sites excluding steroid dienone is 1. The van der Waals surface area contributed by atoms with Crippen LogP contribution in [0.25, 0.3) is 0 Å². The summed E-state index contributed by atoms with van der Waals surface area (Å²) < 4.78 is 0. The van der Waals surface area contributed by atoms with Crippen molar-refractivity contribution in [2.45, 2.75) is 25.7 Å². The number of ketones is 4. The van der Waals surface area contributed by atoms with Crippen molar-refractivity contribution in [1.82, 2.24) is 0 Å². The first kappa shape index (κ1) is 12.2. The van der Waals surface area contributed by atoms with E-state index in [1.165, 1.54) is 5.94 Å². The van der Waals surface area contributed by atoms with Crippen molar-refractivity contribution in [3.8, 4) is 0 Å². The molecular formula is C11H10O5. The smallest absolute Gasteiger partial charge is 0.213 e. The number of hydrogen-bond donors (Lipinski definition) is 0. The topological polar surface area (TPSA) is 85.3 Å². The average Bonchev–Trinajstić information content (AvgIpc) is 2.31. The molecule has 1 rings (SSSR count). The minimum absolute atomic E-state index is 0.0165. The van der Waals surface area contributed by atoms with Crippen LogP contribution in [-0.2, 0) is 24.0 Å². The van der Waals surface area contributed by atoms with Crippen molar-refractivity contribution in [2.75, 3.05) is 0 Å². The van der Waals surface area contributed by atoms with Gasteiger partial charge in [0.05, 0.1) is 0 Å². The van der Waals surface area contributed by atoms with E-state index in [0.717, 1.165) is 0 Å². The van der Waals surface area contributed by atoms with Crippen LogP contribution in [0.3, 0.4) is 0 Å². The molecule has 0 aliphatic heterocycles. The summed E-state index contributed by atoms with van der Waals surface area (Å²) >= 11 is 0. The molecule has 0 heterocycles. The molecule has 1 aliphatic rings. The van der Waals surface area contributed by atoms with Gasteiger partial charge in [-0.1, -0.05) is 0 Å². The number of rotatable bonds is 1. The van der Waals surface area contributed by atoms with E-state index < -0.39 is 29.1 Å². The van der Waals surface area contributed by atoms with Gasteiger partial charge in [-0.05, 0) is 12.8 Å². The molecule has 0 aromatic carbocycles. The van der Waals surface area contributed by atoms with Crippen molar-refractivity contribution in [3.05, 3.63) is 6.08 Å². The predicted octanol–water partition coefficient (Wildman–Crippen LogP) is -0.159. The minimum atomic E-state index is -1.56. The van der Waals surface area contributed by atoms with Crippen molar-refractivity contribution in [3.63, 3.8) is 0 Å². The van der Waals surface area contributed by atoms with E-state index in [4.69, 9.17) is 0 Å². The lowest BCUT2D eigenvalue weighted by Crippen LogP contribution is -2.32. The normalized spacial score (nSPS) is 19.8. The van der Waals surface area contributed by atoms with E-state index in [2.05, 4.69) is 0 Å². The fourth-order valence-corrected chi connectivity index (χ4v) is 1.50. The van der Waals surface area contributed by atoms with Crippen molar-refractivity contribution in [1.29, 1.82) is 0 Å². The number of carbonyl (C=O) groups is 4. The molecule has 5 heteroatoms. The van der Waals surface area contributed by atoms with Crippen LogP contribution in [0, 0.1) is 5.92 Å². The summed E-state index contributed by atoms with van der Waals surface area (Å²) in [5, 5.41) is 0. The van der Waals surface area contributed by atoms with Gasteiger partial charge in [-0.15, -0.1) is 0 Å². The monoisotopic (exact) mass is 222 g/mol. The number of carbonyl (C=O) groups excluding carboxylic acids is 5. The molecule has 1 aliphatic carbocycles. The molecule has 0 radical (unpaired) electrons. The highest BCUT2D eigenvalue weighted by atomic mass is 16.2. The first-order chi connectivity index (χ1) is 7.57. The number of Topliss-reactive ketones (excluding diaryl/α,β-unsaturated/α-hetero) is 4. The summed E-state index contributed by atoms with van der Waals surface area (Å²) in [5.41, 5.74) is 0. The molecule has 0 bridgehead atoms. The zero-order valence-corrected chi connectivity index (χ0v) is 8.52. The third kappa shape index (κ3) is 2.58. The molecule has 1 saturated carbocycles. The standard InChI is InChI=1S/C11H10O5/c12-6-5-7-10(15)8(13)3-1-2-4-9(14)11(7)16/h5,7H,1-4H2. The Kier molecular flexibility index (Phi) is 4.03. The Morgan fingerprint density at radius 2 is 1.38 bits per heavy atom. The van der Waals surface area contributed by atoms with Crippen LogP contribution < -0.4 is 0 Å². The molecule has 0 spiro atoms. The molecule has 16 heavy (non-hydrogen) atoms. The van der Waals surface area contributed by atoms with E-state index in [1.54, 1.807) is 0 Å². The summed E-state index contributed by atoms with van der Waals surface area (Å²) in [6, 6.07) is 0. The van der Waals surface area contributed by atoms with Crippen LogP contribution in [0.15, 0.2) is 6.08 Å². The maximum atomic E-state index is 11.5. The summed E-state index contributed by atoms with van der Waals surface area (Å²) in [6.45, 7) is 0. The first-order valence-electron chi connectivity index (χ1n) is 4.93. The molecule has 0 aromatic heterocycles. The van der Waals surface area contributed by atoms with Crippen LogP contribution >= 0.6 is 0 Å². The highest BCUT2D eigenvalue weighted by Gasteiger charge is 2.34. The van der Waals surface area contributed by atoms with E-state index in [0.29, 0.717) is 18.9 Å². The molecule has 0 unspecified atom stereocenters. The Morgan fingerprint density at radius 3 is 1.75 bits per heavy atom. The second kappa shape index (κ2) is 5.28. The molecule has 0 atom stereocenters. The highest BCUT2D eigenvalue weighted by molar-refractivity contribution is 6.51. The molecule has 84 valence electrons. The third-order valence-corrected chi connectivity index (χ3v) is 2.41. The lowest BCUT2D eigenvalue weighted by atomic mass is 9.93. The Balaban J connectivity index is 3.07. The van der Waals surface area contributed by atoms with Gasteiger partial charge in [0.2, 0.25) is 11.6 Å². The first-order valence-corrected chi connectivity index (χ1v) is 4.93. The van der Waals surface area contributed by atoms with Gasteiger partial charge >= 0.3 is 0 Å². The maximum absolute atomic E-state index is 11.5. The highest BCUT2D eigenvalue weighted by Crippen LogP contribution is 2.13. The summed E-state index contributed by atoms with van der Waals surface area (Å²) in [4.78, 5) is 55.7. The Hall–Kier alpha value is -1.87. The Bertz CT molecular complexity index is 371. The van der Waals surface area contributed by atoms with Gasteiger partial charge in [-0.2, -0.15) is 0 Å². The zero-order valence-electron chi connectivity index (χ0n) is 8.52. The molecule has 0 aromatic rings. The summed E-state index contributed by atoms with van der Waals surface area (Å²) in [7, 11) is 0. The minimum Gasteiger partial charge on any atom is -0.291 e. The van der Waals surface area contributed by atoms with Crippen molar-refractivity contribution >= 4 is 29.1 Å². The second-order valence-corrected chi connectivity index (χ2v) is 3.54. The summed E-state index contributed by atoms with van der Waals surface area (Å²) in [5.74, 6) is -3.66. The van der Waals surface area contributed by atoms with E-state index in [9.17, 15) is 24.0 Å². The fraction of sp³-hybridized carbons (Fsp3) is 0.455. The van der Waals surface area contributed by atoms with Gasteiger partial charge < -0.3 is 0 Å². The van der Waals surface area contributed by atoms with Crippen LogP contribution in [0.2, 0.25) is 0 Å². The van der Waals surface area contributed by atoms with Gasteiger partial charge in [0, 0.05) is 18.9 Å². The van der Waals surface area contributed by atoms with E-state index in [1.807, 2.05) is 0 Å². The average molecular weight is 222 g/mol. The third-order valence-electron chi connectivity index (χ3n) is 2.41. The second-order valence-electron chi connectivity index (χ2n) is 3.54. The molecular weight excluding hydrogens is 212 g/mol. The van der Waals surface area contributed by atoms with Gasteiger partial charge in [0.25, 0.3) is 0 Å². The van der Waals surface area contributed by atoms with Crippen LogP contribution in [-0.4, -0.2) is 29.1 Å². The fourth-order valence-electron chi connectivity index (χ4n) is 1.50. The van der Waals surface area contributed by atoms with Crippen LogP contribution in [0.4, 0.5) is 0 Å². The molecule has 0 saturated heterocycles. The molecule has 0 N–H and O–H groups in total. The Morgan fingerprint density at radius 1 is 0.938 bits per heavy atom. The van der Waals surface area contributed by atoms with Gasteiger partial charge in [0.15, 0.2) is 11.6 Å². The lowest BCUT2D eigenvalue weighted by molar-refractivity contribution is -0.144. The van der Waals surface area contributed by atoms with E-state index >= 15 is 0 Å². The maximum Gasteiger partial charge on any atom is 0.213 e.